The third-order valence-electron chi connectivity index (χ3n) is 6.05. The highest BCUT2D eigenvalue weighted by Crippen LogP contribution is 2.36. The molecule has 0 aliphatic carbocycles. The van der Waals surface area contributed by atoms with E-state index in [0.29, 0.717) is 34.3 Å². The van der Waals surface area contributed by atoms with Crippen molar-refractivity contribution in [3.05, 3.63) is 78.0 Å². The van der Waals surface area contributed by atoms with Crippen molar-refractivity contribution >= 4 is 34.0 Å². The fourth-order valence-corrected chi connectivity index (χ4v) is 4.14. The Morgan fingerprint density at radius 3 is 2.54 bits per heavy atom. The zero-order chi connectivity index (χ0) is 28.2. The average Bonchev–Trinajstić information content (AvgIpc) is 2.87. The van der Waals surface area contributed by atoms with Gasteiger partial charge in [0.2, 0.25) is 11.8 Å². The van der Waals surface area contributed by atoms with Crippen molar-refractivity contribution in [3.63, 3.8) is 0 Å². The van der Waals surface area contributed by atoms with E-state index in [-0.39, 0.29) is 17.5 Å². The van der Waals surface area contributed by atoms with Crippen LogP contribution in [0.25, 0.3) is 10.8 Å². The van der Waals surface area contributed by atoms with Crippen LogP contribution in [0, 0.1) is 0 Å². The molecule has 1 amide bonds. The molecule has 1 aromatic heterocycles. The van der Waals surface area contributed by atoms with Gasteiger partial charge in [0, 0.05) is 31.4 Å². The van der Waals surface area contributed by atoms with Gasteiger partial charge in [0.05, 0.1) is 16.9 Å². The second-order valence-corrected chi connectivity index (χ2v) is 9.31. The van der Waals surface area contributed by atoms with Gasteiger partial charge in [0.1, 0.15) is 5.75 Å². The number of nitrogens with two attached hydrogens (primary N) is 1. The number of nitrogen functional groups attached to an aromatic ring is 1. The average molecular weight is 539 g/mol. The molecule has 8 nitrogen and oxygen atoms in total. The van der Waals surface area contributed by atoms with Gasteiger partial charge in [-0.25, -0.2) is 4.98 Å². The normalized spacial score (nSPS) is 11.6. The van der Waals surface area contributed by atoms with Gasteiger partial charge >= 0.3 is 6.18 Å². The van der Waals surface area contributed by atoms with E-state index in [9.17, 15) is 18.0 Å². The van der Waals surface area contributed by atoms with E-state index in [4.69, 9.17) is 10.5 Å². The number of anilines is 3. The molecule has 11 heteroatoms. The molecule has 0 saturated heterocycles. The summed E-state index contributed by atoms with van der Waals surface area (Å²) in [5.41, 5.74) is 5.65. The van der Waals surface area contributed by atoms with Crippen LogP contribution in [0.5, 0.6) is 11.6 Å². The second kappa shape index (κ2) is 11.6. The molecule has 0 aliphatic heterocycles. The Kier molecular flexibility index (Phi) is 8.20. The summed E-state index contributed by atoms with van der Waals surface area (Å²) in [5, 5.41) is 4.03. The summed E-state index contributed by atoms with van der Waals surface area (Å²) >= 11 is 0. The van der Waals surface area contributed by atoms with Crippen LogP contribution in [-0.4, -0.2) is 55.0 Å². The zero-order valence-corrected chi connectivity index (χ0v) is 21.8. The molecule has 0 atom stereocenters. The number of carbonyl (C=O) groups excluding carboxylic acids is 1. The standard InChI is InChI=1S/C28H29F3N6O2/c1-36(2)14-5-15-37(3)24-11-8-19(28(29,30)31)17-23(24)34-26(38)22-7-4-6-18-16-20(9-10-21(18)22)39-25-12-13-33-27(32)35-25/h4,6-13,16-17H,5,14-15H2,1-3H3,(H,34,38)(H2,32,33,35). The Balaban J connectivity index is 1.62. The Labute approximate surface area is 224 Å². The van der Waals surface area contributed by atoms with E-state index in [1.807, 2.05) is 30.0 Å². The number of hydrogen-bond donors (Lipinski definition) is 2. The van der Waals surface area contributed by atoms with Gasteiger partial charge in [0.15, 0.2) is 0 Å². The Hall–Kier alpha value is -4.38. The third-order valence-corrected chi connectivity index (χ3v) is 6.05. The lowest BCUT2D eigenvalue weighted by Gasteiger charge is -2.24. The summed E-state index contributed by atoms with van der Waals surface area (Å²) in [5.74, 6) is 0.282. The highest BCUT2D eigenvalue weighted by Gasteiger charge is 2.31. The molecular weight excluding hydrogens is 509 g/mol. The predicted molar refractivity (Wildman–Crippen MR) is 146 cm³/mol. The van der Waals surface area contributed by atoms with Crippen LogP contribution >= 0.6 is 0 Å². The van der Waals surface area contributed by atoms with E-state index in [1.54, 1.807) is 43.4 Å². The molecule has 0 unspecified atom stereocenters. The van der Waals surface area contributed by atoms with Crippen LogP contribution in [0.2, 0.25) is 0 Å². The molecule has 0 radical (unpaired) electrons. The number of aromatic nitrogens is 2. The number of fused-ring (bicyclic) bond motifs is 1. The Bertz CT molecular complexity index is 1480. The van der Waals surface area contributed by atoms with Crippen LogP contribution in [0.1, 0.15) is 22.3 Å². The maximum Gasteiger partial charge on any atom is 0.416 e. The highest BCUT2D eigenvalue weighted by molar-refractivity contribution is 6.14. The van der Waals surface area contributed by atoms with Crippen molar-refractivity contribution in [2.45, 2.75) is 12.6 Å². The van der Waals surface area contributed by atoms with Gasteiger partial charge in [-0.05, 0) is 80.3 Å². The number of rotatable bonds is 9. The summed E-state index contributed by atoms with van der Waals surface area (Å²) in [6.07, 6.45) is -2.28. The molecule has 0 fully saturated rings. The number of hydrogen-bond acceptors (Lipinski definition) is 7. The van der Waals surface area contributed by atoms with Crippen LogP contribution < -0.4 is 20.7 Å². The minimum absolute atomic E-state index is 0.0737. The van der Waals surface area contributed by atoms with Crippen molar-refractivity contribution < 1.29 is 22.7 Å². The van der Waals surface area contributed by atoms with Gasteiger partial charge in [-0.3, -0.25) is 4.79 Å². The molecule has 0 spiro atoms. The first kappa shape index (κ1) is 27.6. The van der Waals surface area contributed by atoms with Gasteiger partial charge in [0.25, 0.3) is 5.91 Å². The maximum absolute atomic E-state index is 13.5. The molecule has 39 heavy (non-hydrogen) atoms. The zero-order valence-electron chi connectivity index (χ0n) is 21.8. The number of nitrogens with zero attached hydrogens (tertiary/aromatic N) is 4. The van der Waals surface area contributed by atoms with Crippen molar-refractivity contribution in [3.8, 4) is 11.6 Å². The van der Waals surface area contributed by atoms with Gasteiger partial charge < -0.3 is 25.6 Å². The third kappa shape index (κ3) is 6.94. The van der Waals surface area contributed by atoms with Crippen LogP contribution in [0.4, 0.5) is 30.5 Å². The fraction of sp³-hybridized carbons (Fsp3) is 0.250. The monoisotopic (exact) mass is 538 g/mol. The van der Waals surface area contributed by atoms with Crippen molar-refractivity contribution in [2.24, 2.45) is 0 Å². The van der Waals surface area contributed by atoms with Gasteiger partial charge in [-0.2, -0.15) is 18.2 Å². The molecule has 3 N–H and O–H groups in total. The fourth-order valence-electron chi connectivity index (χ4n) is 4.14. The summed E-state index contributed by atoms with van der Waals surface area (Å²) in [6.45, 7) is 1.42. The number of alkyl halides is 3. The SMILES string of the molecule is CN(C)CCCN(C)c1ccc(C(F)(F)F)cc1NC(=O)c1cccc2cc(Oc3ccnc(N)n3)ccc12. The van der Waals surface area contributed by atoms with Crippen molar-refractivity contribution in [2.75, 3.05) is 50.2 Å². The maximum atomic E-state index is 13.5. The summed E-state index contributed by atoms with van der Waals surface area (Å²) in [7, 11) is 5.70. The minimum atomic E-state index is -4.55. The molecule has 1 heterocycles. The number of carbonyl (C=O) groups is 1. The number of nitrogens with one attached hydrogen (secondary N) is 1. The largest absolute Gasteiger partial charge is 0.439 e. The molecule has 0 saturated carbocycles. The highest BCUT2D eigenvalue weighted by atomic mass is 19.4. The number of halogens is 3. The summed E-state index contributed by atoms with van der Waals surface area (Å²) in [4.78, 5) is 25.1. The van der Waals surface area contributed by atoms with E-state index in [0.717, 1.165) is 25.1 Å². The lowest BCUT2D eigenvalue weighted by Crippen LogP contribution is -2.25. The molecule has 0 aliphatic rings. The number of benzene rings is 3. The Morgan fingerprint density at radius 2 is 1.82 bits per heavy atom. The second-order valence-electron chi connectivity index (χ2n) is 9.31. The lowest BCUT2D eigenvalue weighted by molar-refractivity contribution is -0.137. The predicted octanol–water partition coefficient (Wildman–Crippen LogP) is 5.66. The van der Waals surface area contributed by atoms with Crippen LogP contribution in [-0.2, 0) is 6.18 Å². The van der Waals surface area contributed by atoms with Crippen LogP contribution in [0.3, 0.4) is 0 Å². The first-order chi connectivity index (χ1) is 18.5. The summed E-state index contributed by atoms with van der Waals surface area (Å²) < 4.78 is 46.3. The van der Waals surface area contributed by atoms with E-state index < -0.39 is 17.6 Å². The smallest absolute Gasteiger partial charge is 0.416 e. The summed E-state index contributed by atoms with van der Waals surface area (Å²) in [6, 6.07) is 15.2. The topological polar surface area (TPSA) is 96.6 Å². The van der Waals surface area contributed by atoms with Gasteiger partial charge in [-0.1, -0.05) is 12.1 Å². The first-order valence-electron chi connectivity index (χ1n) is 12.2. The first-order valence-corrected chi connectivity index (χ1v) is 12.2. The molecule has 3 aromatic carbocycles. The molecule has 4 aromatic rings. The Morgan fingerprint density at radius 1 is 1.03 bits per heavy atom. The van der Waals surface area contributed by atoms with E-state index in [2.05, 4.69) is 15.3 Å². The van der Waals surface area contributed by atoms with E-state index in [1.165, 1.54) is 12.3 Å². The van der Waals surface area contributed by atoms with Gasteiger partial charge in [-0.15, -0.1) is 0 Å². The molecular formula is C28H29F3N6O2. The minimum Gasteiger partial charge on any atom is -0.439 e. The quantitative estimate of drug-likeness (QED) is 0.284. The van der Waals surface area contributed by atoms with E-state index >= 15 is 0 Å². The molecule has 0 bridgehead atoms. The number of ether oxygens (including phenoxy) is 1. The lowest BCUT2D eigenvalue weighted by atomic mass is 10.0. The number of amides is 1. The van der Waals surface area contributed by atoms with Crippen molar-refractivity contribution in [1.82, 2.24) is 14.9 Å². The molecule has 4 rings (SSSR count). The van der Waals surface area contributed by atoms with Crippen molar-refractivity contribution in [1.29, 1.82) is 0 Å². The van der Waals surface area contributed by atoms with Crippen LogP contribution in [0.15, 0.2) is 66.9 Å². The molecule has 204 valence electrons.